The van der Waals surface area contributed by atoms with Gasteiger partial charge >= 0.3 is 0 Å². The molecule has 24 heavy (non-hydrogen) atoms. The minimum atomic E-state index is -0.329. The van der Waals surface area contributed by atoms with Crippen LogP contribution < -0.4 is 4.90 Å². The van der Waals surface area contributed by atoms with Crippen molar-refractivity contribution in [2.45, 2.75) is 32.4 Å². The van der Waals surface area contributed by atoms with Gasteiger partial charge in [-0.2, -0.15) is 5.10 Å². The van der Waals surface area contributed by atoms with Gasteiger partial charge in [0, 0.05) is 51.5 Å². The normalized spacial score (nSPS) is 23.4. The third-order valence-corrected chi connectivity index (χ3v) is 4.79. The molecular weight excluding hydrogens is 306 g/mol. The van der Waals surface area contributed by atoms with Gasteiger partial charge in [0.1, 0.15) is 6.10 Å². The molecule has 3 heterocycles. The van der Waals surface area contributed by atoms with Gasteiger partial charge in [-0.25, -0.2) is 0 Å². The van der Waals surface area contributed by atoms with Crippen LogP contribution in [0.2, 0.25) is 0 Å². The van der Waals surface area contributed by atoms with Gasteiger partial charge in [0.05, 0.1) is 6.61 Å². The molecule has 0 unspecified atom stereocenters. The summed E-state index contributed by atoms with van der Waals surface area (Å²) in [5.74, 6) is 1.01. The van der Waals surface area contributed by atoms with Crippen LogP contribution in [0.3, 0.4) is 0 Å². The van der Waals surface area contributed by atoms with Crippen LogP contribution in [0.25, 0.3) is 0 Å². The number of carbonyl (C=O) groups is 1. The van der Waals surface area contributed by atoms with E-state index in [-0.39, 0.29) is 12.0 Å². The molecule has 7 heteroatoms. The number of morpholine rings is 1. The molecule has 0 aromatic carbocycles. The molecule has 7 nitrogen and oxygen atoms in total. The molecule has 1 aromatic heterocycles. The monoisotopic (exact) mass is 333 g/mol. The van der Waals surface area contributed by atoms with Gasteiger partial charge in [-0.05, 0) is 32.4 Å². The molecule has 1 atom stereocenters. The van der Waals surface area contributed by atoms with Crippen molar-refractivity contribution in [1.29, 1.82) is 0 Å². The molecule has 2 aliphatic heterocycles. The average Bonchev–Trinajstić information content (AvgIpc) is 2.88. The van der Waals surface area contributed by atoms with Crippen molar-refractivity contribution in [1.82, 2.24) is 20.0 Å². The van der Waals surface area contributed by atoms with E-state index in [1.807, 2.05) is 17.0 Å². The first-order chi connectivity index (χ1) is 11.6. The van der Waals surface area contributed by atoms with Crippen LogP contribution in [0.5, 0.6) is 0 Å². The van der Waals surface area contributed by atoms with Crippen molar-refractivity contribution >= 4 is 11.7 Å². The number of rotatable bonds is 3. The van der Waals surface area contributed by atoms with Gasteiger partial charge in [0.2, 0.25) is 0 Å². The maximum absolute atomic E-state index is 12.8. The van der Waals surface area contributed by atoms with Crippen LogP contribution in [-0.4, -0.2) is 83.9 Å². The molecular formula is C17H27N5O2. The van der Waals surface area contributed by atoms with Crippen LogP contribution in [0.4, 0.5) is 5.82 Å². The second-order valence-electron chi connectivity index (χ2n) is 6.70. The lowest BCUT2D eigenvalue weighted by Gasteiger charge is -2.36. The van der Waals surface area contributed by atoms with Crippen LogP contribution in [-0.2, 0) is 9.53 Å². The first-order valence-corrected chi connectivity index (χ1v) is 8.82. The van der Waals surface area contributed by atoms with E-state index in [0.717, 1.165) is 38.4 Å². The van der Waals surface area contributed by atoms with Crippen molar-refractivity contribution in [2.24, 2.45) is 0 Å². The van der Waals surface area contributed by atoms with Gasteiger partial charge in [-0.3, -0.25) is 9.69 Å². The van der Waals surface area contributed by atoms with E-state index >= 15 is 0 Å². The van der Waals surface area contributed by atoms with E-state index in [9.17, 15) is 4.79 Å². The van der Waals surface area contributed by atoms with Crippen LogP contribution in [0, 0.1) is 0 Å². The van der Waals surface area contributed by atoms with Crippen molar-refractivity contribution in [2.75, 3.05) is 50.8 Å². The summed E-state index contributed by atoms with van der Waals surface area (Å²) in [5.41, 5.74) is 0. The molecule has 1 amide bonds. The van der Waals surface area contributed by atoms with Gasteiger partial charge in [0.15, 0.2) is 5.82 Å². The third kappa shape index (κ3) is 4.02. The average molecular weight is 333 g/mol. The Bertz CT molecular complexity index is 539. The van der Waals surface area contributed by atoms with Gasteiger partial charge in [-0.15, -0.1) is 5.10 Å². The Kier molecular flexibility index (Phi) is 5.63. The van der Waals surface area contributed by atoms with E-state index in [1.54, 1.807) is 6.20 Å². The van der Waals surface area contributed by atoms with Crippen molar-refractivity contribution in [3.8, 4) is 0 Å². The second-order valence-corrected chi connectivity index (χ2v) is 6.70. The zero-order valence-electron chi connectivity index (χ0n) is 14.6. The van der Waals surface area contributed by atoms with Crippen LogP contribution in [0.1, 0.15) is 20.3 Å². The minimum absolute atomic E-state index is 0.126. The summed E-state index contributed by atoms with van der Waals surface area (Å²) in [5, 5.41) is 8.12. The van der Waals surface area contributed by atoms with E-state index in [4.69, 9.17) is 4.74 Å². The molecule has 132 valence electrons. The number of anilines is 1. The van der Waals surface area contributed by atoms with Crippen molar-refractivity contribution in [3.05, 3.63) is 18.3 Å². The Morgan fingerprint density at radius 2 is 2.12 bits per heavy atom. The van der Waals surface area contributed by atoms with E-state index in [2.05, 4.69) is 33.8 Å². The third-order valence-electron chi connectivity index (χ3n) is 4.79. The van der Waals surface area contributed by atoms with Gasteiger partial charge in [0.25, 0.3) is 5.91 Å². The molecule has 2 aliphatic rings. The highest BCUT2D eigenvalue weighted by Crippen LogP contribution is 2.15. The van der Waals surface area contributed by atoms with Crippen LogP contribution in [0.15, 0.2) is 18.3 Å². The molecule has 0 N–H and O–H groups in total. The number of amides is 1. The predicted molar refractivity (Wildman–Crippen MR) is 91.9 cm³/mol. The summed E-state index contributed by atoms with van der Waals surface area (Å²) in [6.07, 6.45) is 2.28. The lowest BCUT2D eigenvalue weighted by molar-refractivity contribution is -0.150. The fourth-order valence-electron chi connectivity index (χ4n) is 3.32. The maximum Gasteiger partial charge on any atom is 0.253 e. The number of nitrogens with zero attached hydrogens (tertiary/aromatic N) is 5. The number of hydrogen-bond acceptors (Lipinski definition) is 6. The Hall–Kier alpha value is -1.73. The Labute approximate surface area is 143 Å². The van der Waals surface area contributed by atoms with Crippen LogP contribution >= 0.6 is 0 Å². The molecule has 1 aromatic rings. The minimum Gasteiger partial charge on any atom is -0.366 e. The molecule has 0 radical (unpaired) electrons. The number of carbonyl (C=O) groups excluding carboxylic acids is 1. The highest BCUT2D eigenvalue weighted by molar-refractivity contribution is 5.81. The molecule has 2 fully saturated rings. The number of aromatic nitrogens is 2. The van der Waals surface area contributed by atoms with E-state index in [1.165, 1.54) is 0 Å². The van der Waals surface area contributed by atoms with Crippen molar-refractivity contribution in [3.63, 3.8) is 0 Å². The molecule has 0 saturated carbocycles. The predicted octanol–water partition coefficient (Wildman–Crippen LogP) is 0.625. The smallest absolute Gasteiger partial charge is 0.253 e. The topological polar surface area (TPSA) is 61.8 Å². The summed E-state index contributed by atoms with van der Waals surface area (Å²) in [4.78, 5) is 19.3. The maximum atomic E-state index is 12.8. The highest BCUT2D eigenvalue weighted by Gasteiger charge is 2.32. The van der Waals surface area contributed by atoms with E-state index in [0.29, 0.717) is 25.7 Å². The summed E-state index contributed by atoms with van der Waals surface area (Å²) < 4.78 is 5.76. The fraction of sp³-hybridized carbons (Fsp3) is 0.706. The molecule has 0 bridgehead atoms. The Morgan fingerprint density at radius 1 is 1.25 bits per heavy atom. The number of ether oxygens (including phenoxy) is 1. The second kappa shape index (κ2) is 7.90. The first-order valence-electron chi connectivity index (χ1n) is 8.82. The quantitative estimate of drug-likeness (QED) is 0.808. The zero-order valence-corrected chi connectivity index (χ0v) is 14.6. The molecule has 2 saturated heterocycles. The summed E-state index contributed by atoms with van der Waals surface area (Å²) >= 11 is 0. The largest absolute Gasteiger partial charge is 0.366 e. The molecule has 0 spiro atoms. The summed E-state index contributed by atoms with van der Waals surface area (Å²) in [6.45, 7) is 9.72. The zero-order chi connectivity index (χ0) is 16.9. The highest BCUT2D eigenvalue weighted by atomic mass is 16.5. The fourth-order valence-corrected chi connectivity index (χ4v) is 3.32. The summed E-state index contributed by atoms with van der Waals surface area (Å²) in [6, 6.07) is 4.31. The first kappa shape index (κ1) is 17.1. The van der Waals surface area contributed by atoms with Crippen molar-refractivity contribution < 1.29 is 9.53 Å². The Balaban J connectivity index is 1.58. The summed E-state index contributed by atoms with van der Waals surface area (Å²) in [7, 11) is 0. The molecule has 3 rings (SSSR count). The van der Waals surface area contributed by atoms with Gasteiger partial charge < -0.3 is 14.5 Å². The SMILES string of the molecule is CC(C)N1CCO[C@@H](C(=O)N2CCCN(c3cccnn3)CC2)C1. The molecule has 0 aliphatic carbocycles. The lowest BCUT2D eigenvalue weighted by atomic mass is 10.2. The Morgan fingerprint density at radius 3 is 2.88 bits per heavy atom. The van der Waals surface area contributed by atoms with E-state index < -0.39 is 0 Å². The standard InChI is InChI=1S/C17H27N5O2/c1-14(2)22-11-12-24-15(13-22)17(23)21-8-4-7-20(9-10-21)16-5-3-6-18-19-16/h3,5-6,14-15H,4,7-13H2,1-2H3/t15-/m1/s1. The number of hydrogen-bond donors (Lipinski definition) is 0. The van der Waals surface area contributed by atoms with Gasteiger partial charge in [-0.1, -0.05) is 0 Å². The lowest BCUT2D eigenvalue weighted by Crippen LogP contribution is -2.53.